The van der Waals surface area contributed by atoms with Crippen LogP contribution in [0.15, 0.2) is 23.1 Å². The van der Waals surface area contributed by atoms with Gasteiger partial charge in [-0.05, 0) is 30.9 Å². The summed E-state index contributed by atoms with van der Waals surface area (Å²) < 4.78 is 23.7. The molecule has 1 N–H and O–H groups in total. The van der Waals surface area contributed by atoms with Crippen molar-refractivity contribution >= 4 is 27.1 Å². The molecule has 8 nitrogen and oxygen atoms in total. The summed E-state index contributed by atoms with van der Waals surface area (Å²) in [4.78, 5) is 24.4. The zero-order valence-electron chi connectivity index (χ0n) is 15.3. The van der Waals surface area contributed by atoms with Crippen LogP contribution in [0.3, 0.4) is 0 Å². The number of sulfone groups is 1. The van der Waals surface area contributed by atoms with Crippen LogP contribution in [0, 0.1) is 16.0 Å². The second-order valence-electron chi connectivity index (χ2n) is 7.08. The van der Waals surface area contributed by atoms with Gasteiger partial charge in [0.15, 0.2) is 9.84 Å². The predicted molar refractivity (Wildman–Crippen MR) is 98.9 cm³/mol. The van der Waals surface area contributed by atoms with E-state index in [9.17, 15) is 23.3 Å². The van der Waals surface area contributed by atoms with E-state index in [0.29, 0.717) is 38.3 Å². The van der Waals surface area contributed by atoms with E-state index in [1.165, 1.54) is 18.2 Å². The molecule has 0 spiro atoms. The number of piperidine rings is 1. The Morgan fingerprint density at radius 3 is 2.46 bits per heavy atom. The lowest BCUT2D eigenvalue weighted by Gasteiger charge is -2.33. The predicted octanol–water partition coefficient (Wildman–Crippen LogP) is 2.45. The van der Waals surface area contributed by atoms with Crippen molar-refractivity contribution in [1.29, 1.82) is 0 Å². The molecule has 1 aliphatic rings. The van der Waals surface area contributed by atoms with E-state index in [0.717, 1.165) is 6.26 Å². The number of carbonyl (C=O) groups is 1. The summed E-state index contributed by atoms with van der Waals surface area (Å²) >= 11 is 0. The molecule has 1 fully saturated rings. The van der Waals surface area contributed by atoms with Crippen molar-refractivity contribution in [1.82, 2.24) is 4.90 Å². The lowest BCUT2D eigenvalue weighted by Crippen LogP contribution is -2.42. The standard InChI is InChI=1S/C17H25N3O5S/c1-12(2)11-16(21)19-9-7-13(8-10-19)18-14-5-4-6-15(26(3,24)25)17(14)20(22)23/h4-6,12-13,18H,7-11H2,1-3H3. The molecule has 1 saturated heterocycles. The van der Waals surface area contributed by atoms with E-state index in [4.69, 9.17) is 0 Å². The number of carbonyl (C=O) groups excluding carboxylic acids is 1. The highest BCUT2D eigenvalue weighted by molar-refractivity contribution is 7.90. The maximum Gasteiger partial charge on any atom is 0.310 e. The van der Waals surface area contributed by atoms with Crippen molar-refractivity contribution in [2.45, 2.75) is 44.0 Å². The summed E-state index contributed by atoms with van der Waals surface area (Å²) in [6.07, 6.45) is 2.78. The summed E-state index contributed by atoms with van der Waals surface area (Å²) in [6, 6.07) is 4.20. The number of likely N-dealkylation sites (tertiary alicyclic amines) is 1. The number of hydrogen-bond acceptors (Lipinski definition) is 6. The Bertz CT molecular complexity index is 784. The summed E-state index contributed by atoms with van der Waals surface area (Å²) in [5.41, 5.74) is -0.224. The molecule has 0 radical (unpaired) electrons. The molecule has 144 valence electrons. The third-order valence-corrected chi connectivity index (χ3v) is 5.50. The summed E-state index contributed by atoms with van der Waals surface area (Å²) in [5, 5.41) is 14.5. The fourth-order valence-electron chi connectivity index (χ4n) is 3.10. The fourth-order valence-corrected chi connectivity index (χ4v) is 3.96. The normalized spacial score (nSPS) is 15.9. The fraction of sp³-hybridized carbons (Fsp3) is 0.588. The molecule has 0 saturated carbocycles. The van der Waals surface area contributed by atoms with E-state index < -0.39 is 20.4 Å². The van der Waals surface area contributed by atoms with Gasteiger partial charge in [0.05, 0.1) is 4.92 Å². The SMILES string of the molecule is CC(C)CC(=O)N1CCC(Nc2cccc(S(C)(=O)=O)c2[N+](=O)[O-])CC1. The van der Waals surface area contributed by atoms with E-state index in [1.807, 2.05) is 18.7 Å². The first-order chi connectivity index (χ1) is 12.1. The quantitative estimate of drug-likeness (QED) is 0.597. The number of nitro groups is 1. The molecular weight excluding hydrogens is 358 g/mol. The van der Waals surface area contributed by atoms with Crippen LogP contribution in [0.25, 0.3) is 0 Å². The van der Waals surface area contributed by atoms with Gasteiger partial charge in [-0.25, -0.2) is 8.42 Å². The number of nitro benzene ring substituents is 1. The van der Waals surface area contributed by atoms with Gasteiger partial charge in [-0.1, -0.05) is 19.9 Å². The van der Waals surface area contributed by atoms with Crippen LogP contribution in [0.1, 0.15) is 33.1 Å². The molecule has 0 unspecified atom stereocenters. The number of rotatable bonds is 6. The van der Waals surface area contributed by atoms with Gasteiger partial charge in [0.2, 0.25) is 5.91 Å². The highest BCUT2D eigenvalue weighted by Gasteiger charge is 2.29. The minimum atomic E-state index is -3.71. The molecule has 1 heterocycles. The van der Waals surface area contributed by atoms with Crippen LogP contribution in [0.5, 0.6) is 0 Å². The second kappa shape index (κ2) is 8.03. The van der Waals surface area contributed by atoms with E-state index in [-0.39, 0.29) is 22.5 Å². The monoisotopic (exact) mass is 383 g/mol. The van der Waals surface area contributed by atoms with Crippen LogP contribution < -0.4 is 5.32 Å². The number of amides is 1. The van der Waals surface area contributed by atoms with E-state index >= 15 is 0 Å². The maximum absolute atomic E-state index is 12.1. The third kappa shape index (κ3) is 4.94. The van der Waals surface area contributed by atoms with Crippen molar-refractivity contribution in [3.8, 4) is 0 Å². The van der Waals surface area contributed by atoms with Gasteiger partial charge in [0.25, 0.3) is 0 Å². The Morgan fingerprint density at radius 2 is 1.96 bits per heavy atom. The number of nitrogens with one attached hydrogen (secondary N) is 1. The molecule has 0 aliphatic carbocycles. The topological polar surface area (TPSA) is 110 Å². The van der Waals surface area contributed by atoms with Crippen molar-refractivity contribution in [2.75, 3.05) is 24.7 Å². The molecule has 1 aromatic carbocycles. The lowest BCUT2D eigenvalue weighted by molar-refractivity contribution is -0.386. The molecule has 0 aromatic heterocycles. The first-order valence-electron chi connectivity index (χ1n) is 8.61. The van der Waals surface area contributed by atoms with Gasteiger partial charge in [0.1, 0.15) is 10.6 Å². The molecule has 1 aromatic rings. The summed E-state index contributed by atoms with van der Waals surface area (Å²) in [6.45, 7) is 5.17. The molecule has 9 heteroatoms. The highest BCUT2D eigenvalue weighted by atomic mass is 32.2. The zero-order valence-corrected chi connectivity index (χ0v) is 16.1. The maximum atomic E-state index is 12.1. The zero-order chi connectivity index (χ0) is 19.5. The number of anilines is 1. The number of para-hydroxylation sites is 1. The molecule has 0 bridgehead atoms. The van der Waals surface area contributed by atoms with Gasteiger partial charge in [-0.15, -0.1) is 0 Å². The first-order valence-corrected chi connectivity index (χ1v) is 10.5. The van der Waals surface area contributed by atoms with Crippen LogP contribution in [0.2, 0.25) is 0 Å². The van der Waals surface area contributed by atoms with E-state index in [1.54, 1.807) is 0 Å². The van der Waals surface area contributed by atoms with E-state index in [2.05, 4.69) is 5.32 Å². The highest BCUT2D eigenvalue weighted by Crippen LogP contribution is 2.33. The Kier molecular flexibility index (Phi) is 6.22. The van der Waals surface area contributed by atoms with Crippen molar-refractivity contribution in [3.63, 3.8) is 0 Å². The largest absolute Gasteiger partial charge is 0.377 e. The molecule has 26 heavy (non-hydrogen) atoms. The molecule has 2 rings (SSSR count). The second-order valence-corrected chi connectivity index (χ2v) is 9.06. The van der Waals surface area contributed by atoms with Gasteiger partial charge >= 0.3 is 5.69 Å². The molecule has 1 aliphatic heterocycles. The van der Waals surface area contributed by atoms with Gasteiger partial charge < -0.3 is 10.2 Å². The van der Waals surface area contributed by atoms with Crippen LogP contribution in [-0.2, 0) is 14.6 Å². The van der Waals surface area contributed by atoms with Crippen molar-refractivity contribution in [3.05, 3.63) is 28.3 Å². The van der Waals surface area contributed by atoms with Gasteiger partial charge in [-0.3, -0.25) is 14.9 Å². The lowest BCUT2D eigenvalue weighted by atomic mass is 10.0. The minimum Gasteiger partial charge on any atom is -0.377 e. The molecular formula is C17H25N3O5S. The smallest absolute Gasteiger partial charge is 0.310 e. The number of hydrogen-bond donors (Lipinski definition) is 1. The minimum absolute atomic E-state index is 0.0494. The molecule has 0 atom stereocenters. The van der Waals surface area contributed by atoms with Crippen molar-refractivity contribution in [2.24, 2.45) is 5.92 Å². The Balaban J connectivity index is 2.11. The summed E-state index contributed by atoms with van der Waals surface area (Å²) in [7, 11) is -3.71. The van der Waals surface area contributed by atoms with Gasteiger partial charge in [-0.2, -0.15) is 0 Å². The Hall–Kier alpha value is -2.16. The van der Waals surface area contributed by atoms with Crippen LogP contribution in [-0.4, -0.2) is 49.5 Å². The molecule has 1 amide bonds. The Labute approximate surface area is 153 Å². The third-order valence-electron chi connectivity index (χ3n) is 4.37. The number of nitrogens with zero attached hydrogens (tertiary/aromatic N) is 2. The number of benzene rings is 1. The Morgan fingerprint density at radius 1 is 1.35 bits per heavy atom. The van der Waals surface area contributed by atoms with Gasteiger partial charge in [0, 0.05) is 31.8 Å². The summed E-state index contributed by atoms with van der Waals surface area (Å²) in [5.74, 6) is 0.434. The van der Waals surface area contributed by atoms with Crippen LogP contribution in [0.4, 0.5) is 11.4 Å². The van der Waals surface area contributed by atoms with Crippen molar-refractivity contribution < 1.29 is 18.1 Å². The first kappa shape index (κ1) is 20.2. The van der Waals surface area contributed by atoms with Crippen LogP contribution >= 0.6 is 0 Å². The average Bonchev–Trinajstić information content (AvgIpc) is 2.53. The average molecular weight is 383 g/mol.